The van der Waals surface area contributed by atoms with Crippen molar-refractivity contribution in [2.24, 2.45) is 0 Å². The van der Waals surface area contributed by atoms with Gasteiger partial charge in [-0.25, -0.2) is 9.97 Å². The molecule has 0 aromatic carbocycles. The number of amides is 1. The van der Waals surface area contributed by atoms with Gasteiger partial charge in [-0.2, -0.15) is 0 Å². The van der Waals surface area contributed by atoms with Crippen molar-refractivity contribution in [3.05, 3.63) is 17.5 Å². The first kappa shape index (κ1) is 11.1. The number of carbonyl (C=O) groups excluding carboxylic acids is 1. The lowest BCUT2D eigenvalue weighted by Gasteiger charge is -2.20. The SMILES string of the molecule is CN1CCCN(c2cc(Cl)ncn2)CC1=O. The Labute approximate surface area is 99.0 Å². The van der Waals surface area contributed by atoms with Gasteiger partial charge in [-0.3, -0.25) is 4.79 Å². The lowest BCUT2D eigenvalue weighted by Crippen LogP contribution is -2.34. The first-order chi connectivity index (χ1) is 7.66. The summed E-state index contributed by atoms with van der Waals surface area (Å²) in [7, 11) is 1.82. The van der Waals surface area contributed by atoms with Gasteiger partial charge in [0, 0.05) is 26.2 Å². The molecule has 1 amide bonds. The molecule has 1 aromatic rings. The molecule has 0 N–H and O–H groups in total. The molecule has 2 rings (SSSR count). The molecule has 16 heavy (non-hydrogen) atoms. The predicted octanol–water partition coefficient (Wildman–Crippen LogP) is 0.798. The van der Waals surface area contributed by atoms with E-state index in [2.05, 4.69) is 9.97 Å². The maximum absolute atomic E-state index is 11.7. The van der Waals surface area contributed by atoms with Gasteiger partial charge in [0.05, 0.1) is 6.54 Å². The lowest BCUT2D eigenvalue weighted by atomic mass is 10.4. The first-order valence-electron chi connectivity index (χ1n) is 5.13. The van der Waals surface area contributed by atoms with Crippen molar-refractivity contribution in [1.29, 1.82) is 0 Å². The molecular formula is C10H13ClN4O. The van der Waals surface area contributed by atoms with Gasteiger partial charge in [0.2, 0.25) is 5.91 Å². The van der Waals surface area contributed by atoms with E-state index in [1.165, 1.54) is 6.33 Å². The van der Waals surface area contributed by atoms with Gasteiger partial charge in [0.15, 0.2) is 0 Å². The fourth-order valence-electron chi connectivity index (χ4n) is 1.68. The van der Waals surface area contributed by atoms with E-state index >= 15 is 0 Å². The van der Waals surface area contributed by atoms with Crippen LogP contribution in [0, 0.1) is 0 Å². The van der Waals surface area contributed by atoms with E-state index < -0.39 is 0 Å². The summed E-state index contributed by atoms with van der Waals surface area (Å²) in [5.41, 5.74) is 0. The highest BCUT2D eigenvalue weighted by atomic mass is 35.5. The Balaban J connectivity index is 2.18. The van der Waals surface area contributed by atoms with Gasteiger partial charge < -0.3 is 9.80 Å². The summed E-state index contributed by atoms with van der Waals surface area (Å²) >= 11 is 5.80. The molecule has 0 bridgehead atoms. The van der Waals surface area contributed by atoms with Crippen molar-refractivity contribution >= 4 is 23.3 Å². The zero-order valence-electron chi connectivity index (χ0n) is 9.06. The molecule has 2 heterocycles. The number of rotatable bonds is 1. The van der Waals surface area contributed by atoms with Crippen LogP contribution in [0.25, 0.3) is 0 Å². The zero-order valence-corrected chi connectivity index (χ0v) is 9.81. The Kier molecular flexibility index (Phi) is 3.24. The molecule has 1 aliphatic rings. The first-order valence-corrected chi connectivity index (χ1v) is 5.51. The van der Waals surface area contributed by atoms with Crippen molar-refractivity contribution in [3.63, 3.8) is 0 Å². The number of hydrogen-bond donors (Lipinski definition) is 0. The molecule has 0 spiro atoms. The molecule has 0 aliphatic carbocycles. The molecule has 1 aromatic heterocycles. The molecular weight excluding hydrogens is 228 g/mol. The Hall–Kier alpha value is -1.36. The predicted molar refractivity (Wildman–Crippen MR) is 61.5 cm³/mol. The van der Waals surface area contributed by atoms with Crippen molar-refractivity contribution in [2.75, 3.05) is 31.6 Å². The van der Waals surface area contributed by atoms with Crippen LogP contribution in [-0.4, -0.2) is 47.5 Å². The average Bonchev–Trinajstić information content (AvgIpc) is 2.42. The number of carbonyl (C=O) groups is 1. The molecule has 1 fully saturated rings. The second-order valence-electron chi connectivity index (χ2n) is 3.79. The normalized spacial score (nSPS) is 17.5. The standard InChI is InChI=1S/C10H13ClN4O/c1-14-3-2-4-15(6-10(14)16)9-5-8(11)12-7-13-9/h5,7H,2-4,6H2,1H3. The monoisotopic (exact) mass is 240 g/mol. The maximum Gasteiger partial charge on any atom is 0.241 e. The molecule has 5 nitrogen and oxygen atoms in total. The van der Waals surface area contributed by atoms with Crippen LogP contribution in [0.2, 0.25) is 5.15 Å². The van der Waals surface area contributed by atoms with E-state index in [0.717, 1.165) is 19.5 Å². The fraction of sp³-hybridized carbons (Fsp3) is 0.500. The molecule has 6 heteroatoms. The van der Waals surface area contributed by atoms with Gasteiger partial charge in [-0.1, -0.05) is 11.6 Å². The highest BCUT2D eigenvalue weighted by Gasteiger charge is 2.19. The van der Waals surface area contributed by atoms with Crippen molar-refractivity contribution < 1.29 is 4.79 Å². The van der Waals surface area contributed by atoms with E-state index in [0.29, 0.717) is 17.5 Å². The van der Waals surface area contributed by atoms with Crippen LogP contribution >= 0.6 is 11.6 Å². The van der Waals surface area contributed by atoms with Crippen LogP contribution < -0.4 is 4.90 Å². The summed E-state index contributed by atoms with van der Waals surface area (Å²) in [6, 6.07) is 1.68. The van der Waals surface area contributed by atoms with Crippen LogP contribution in [-0.2, 0) is 4.79 Å². The van der Waals surface area contributed by atoms with Gasteiger partial charge in [-0.15, -0.1) is 0 Å². The van der Waals surface area contributed by atoms with E-state index in [1.54, 1.807) is 11.0 Å². The largest absolute Gasteiger partial charge is 0.347 e. The summed E-state index contributed by atoms with van der Waals surface area (Å²) in [6.45, 7) is 1.95. The number of hydrogen-bond acceptors (Lipinski definition) is 4. The minimum absolute atomic E-state index is 0.104. The molecule has 86 valence electrons. The second kappa shape index (κ2) is 4.65. The van der Waals surface area contributed by atoms with Crippen molar-refractivity contribution in [2.45, 2.75) is 6.42 Å². The number of anilines is 1. The third-order valence-corrected chi connectivity index (χ3v) is 2.82. The maximum atomic E-state index is 11.7. The average molecular weight is 241 g/mol. The summed E-state index contributed by atoms with van der Waals surface area (Å²) < 4.78 is 0. The van der Waals surface area contributed by atoms with Crippen LogP contribution in [0.15, 0.2) is 12.4 Å². The van der Waals surface area contributed by atoms with E-state index in [9.17, 15) is 4.79 Å². The highest BCUT2D eigenvalue weighted by molar-refractivity contribution is 6.29. The van der Waals surface area contributed by atoms with Gasteiger partial charge >= 0.3 is 0 Å². The fourth-order valence-corrected chi connectivity index (χ4v) is 1.82. The Morgan fingerprint density at radius 1 is 1.38 bits per heavy atom. The minimum atomic E-state index is 0.104. The molecule has 0 saturated carbocycles. The number of aromatic nitrogens is 2. The third kappa shape index (κ3) is 2.41. The molecule has 0 atom stereocenters. The van der Waals surface area contributed by atoms with Gasteiger partial charge in [-0.05, 0) is 6.42 Å². The summed E-state index contributed by atoms with van der Waals surface area (Å²) in [5, 5.41) is 0.398. The summed E-state index contributed by atoms with van der Waals surface area (Å²) in [6.07, 6.45) is 2.35. The quantitative estimate of drug-likeness (QED) is 0.682. The number of likely N-dealkylation sites (N-methyl/N-ethyl adjacent to an activating group) is 1. The Bertz CT molecular complexity index is 398. The third-order valence-electron chi connectivity index (χ3n) is 2.62. The van der Waals surface area contributed by atoms with Gasteiger partial charge in [0.25, 0.3) is 0 Å². The van der Waals surface area contributed by atoms with Crippen LogP contribution in [0.3, 0.4) is 0 Å². The molecule has 0 unspecified atom stereocenters. The number of nitrogens with zero attached hydrogens (tertiary/aromatic N) is 4. The second-order valence-corrected chi connectivity index (χ2v) is 4.18. The zero-order chi connectivity index (χ0) is 11.5. The summed E-state index contributed by atoms with van der Waals surface area (Å²) in [4.78, 5) is 23.3. The van der Waals surface area contributed by atoms with E-state index in [4.69, 9.17) is 11.6 Å². The Morgan fingerprint density at radius 2 is 2.19 bits per heavy atom. The van der Waals surface area contributed by atoms with E-state index in [-0.39, 0.29) is 5.91 Å². The van der Waals surface area contributed by atoms with Crippen molar-refractivity contribution in [1.82, 2.24) is 14.9 Å². The van der Waals surface area contributed by atoms with Crippen molar-refractivity contribution in [3.8, 4) is 0 Å². The minimum Gasteiger partial charge on any atom is -0.347 e. The summed E-state index contributed by atoms with van der Waals surface area (Å²) in [5.74, 6) is 0.816. The van der Waals surface area contributed by atoms with Crippen LogP contribution in [0.4, 0.5) is 5.82 Å². The van der Waals surface area contributed by atoms with E-state index in [1.807, 2.05) is 11.9 Å². The molecule has 0 radical (unpaired) electrons. The highest BCUT2D eigenvalue weighted by Crippen LogP contribution is 2.16. The topological polar surface area (TPSA) is 49.3 Å². The number of halogens is 1. The van der Waals surface area contributed by atoms with Gasteiger partial charge in [0.1, 0.15) is 17.3 Å². The Morgan fingerprint density at radius 3 is 2.94 bits per heavy atom. The molecule has 1 saturated heterocycles. The van der Waals surface area contributed by atoms with Crippen LogP contribution in [0.1, 0.15) is 6.42 Å². The lowest BCUT2D eigenvalue weighted by molar-refractivity contribution is -0.127. The smallest absolute Gasteiger partial charge is 0.241 e. The molecule has 1 aliphatic heterocycles. The van der Waals surface area contributed by atoms with Crippen LogP contribution in [0.5, 0.6) is 0 Å².